The van der Waals surface area contributed by atoms with Crippen molar-refractivity contribution < 1.29 is 4.39 Å². The van der Waals surface area contributed by atoms with E-state index in [1.807, 2.05) is 6.07 Å². The highest BCUT2D eigenvalue weighted by molar-refractivity contribution is 9.10. The third-order valence-corrected chi connectivity index (χ3v) is 5.35. The van der Waals surface area contributed by atoms with Crippen LogP contribution in [0, 0.1) is 11.7 Å². The molecule has 0 bridgehead atoms. The van der Waals surface area contributed by atoms with E-state index in [4.69, 9.17) is 0 Å². The molecule has 2 rings (SSSR count). The van der Waals surface area contributed by atoms with Gasteiger partial charge in [-0.3, -0.25) is 4.90 Å². The number of benzene rings is 1. The van der Waals surface area contributed by atoms with Crippen LogP contribution in [0.15, 0.2) is 22.7 Å². The maximum Gasteiger partial charge on any atom is 0.127 e. The number of piperazine rings is 1. The van der Waals surface area contributed by atoms with E-state index in [0.717, 1.165) is 29.5 Å². The molecule has 0 radical (unpaired) electrons. The topological polar surface area (TPSA) is 15.3 Å². The van der Waals surface area contributed by atoms with E-state index < -0.39 is 0 Å². The van der Waals surface area contributed by atoms with E-state index in [-0.39, 0.29) is 11.4 Å². The Morgan fingerprint density at radius 2 is 2.19 bits per heavy atom. The van der Waals surface area contributed by atoms with Crippen LogP contribution in [0.4, 0.5) is 4.39 Å². The molecule has 0 saturated carbocycles. The largest absolute Gasteiger partial charge is 0.311 e. The van der Waals surface area contributed by atoms with Crippen LogP contribution in [0.25, 0.3) is 0 Å². The van der Waals surface area contributed by atoms with Crippen LogP contribution < -0.4 is 5.32 Å². The van der Waals surface area contributed by atoms with Crippen molar-refractivity contribution in [1.82, 2.24) is 10.2 Å². The van der Waals surface area contributed by atoms with Crippen molar-refractivity contribution in [2.24, 2.45) is 5.92 Å². The van der Waals surface area contributed by atoms with Gasteiger partial charge in [0.15, 0.2) is 0 Å². The predicted molar refractivity (Wildman–Crippen MR) is 89.8 cm³/mol. The highest BCUT2D eigenvalue weighted by atomic mass is 79.9. The van der Waals surface area contributed by atoms with Gasteiger partial charge in [0.2, 0.25) is 0 Å². The molecular weight excluding hydrogens is 331 g/mol. The van der Waals surface area contributed by atoms with E-state index in [0.29, 0.717) is 18.5 Å². The van der Waals surface area contributed by atoms with Crippen molar-refractivity contribution in [3.8, 4) is 0 Å². The second kappa shape index (κ2) is 6.76. The average molecular weight is 357 g/mol. The fourth-order valence-electron chi connectivity index (χ4n) is 2.91. The quantitative estimate of drug-likeness (QED) is 0.869. The predicted octanol–water partition coefficient (Wildman–Crippen LogP) is 4.19. The molecule has 2 atom stereocenters. The van der Waals surface area contributed by atoms with Gasteiger partial charge in [-0.25, -0.2) is 4.39 Å². The van der Waals surface area contributed by atoms with Gasteiger partial charge in [-0.05, 0) is 37.5 Å². The summed E-state index contributed by atoms with van der Waals surface area (Å²) in [7, 11) is 0. The SMILES string of the molecule is CCC1(C)CNC(C(C)C)CN1Cc1cc(Br)ccc1F. The summed E-state index contributed by atoms with van der Waals surface area (Å²) in [4.78, 5) is 2.44. The van der Waals surface area contributed by atoms with E-state index in [9.17, 15) is 4.39 Å². The first-order chi connectivity index (χ1) is 9.85. The first kappa shape index (κ1) is 16.9. The van der Waals surface area contributed by atoms with Gasteiger partial charge >= 0.3 is 0 Å². The Hall–Kier alpha value is -0.450. The standard InChI is InChI=1S/C17H26BrFN2/c1-5-17(4)11-20-16(12(2)3)10-21(17)9-13-8-14(18)6-7-15(13)19/h6-8,12,16,20H,5,9-11H2,1-4H3. The molecule has 1 aromatic rings. The molecule has 2 nitrogen and oxygen atoms in total. The molecule has 1 heterocycles. The summed E-state index contributed by atoms with van der Waals surface area (Å²) in [6, 6.07) is 5.68. The Morgan fingerprint density at radius 3 is 2.81 bits per heavy atom. The Morgan fingerprint density at radius 1 is 1.48 bits per heavy atom. The molecule has 4 heteroatoms. The van der Waals surface area contributed by atoms with E-state index in [1.54, 1.807) is 12.1 Å². The zero-order valence-electron chi connectivity index (χ0n) is 13.4. The van der Waals surface area contributed by atoms with Crippen LogP contribution in [0.3, 0.4) is 0 Å². The Bertz CT molecular complexity index is 492. The second-order valence-electron chi connectivity index (χ2n) is 6.70. The van der Waals surface area contributed by atoms with Crippen LogP contribution in [-0.2, 0) is 6.54 Å². The first-order valence-corrected chi connectivity index (χ1v) is 8.57. The van der Waals surface area contributed by atoms with Crippen molar-refractivity contribution in [2.45, 2.75) is 52.2 Å². The highest BCUT2D eigenvalue weighted by Crippen LogP contribution is 2.28. The first-order valence-electron chi connectivity index (χ1n) is 7.78. The van der Waals surface area contributed by atoms with Gasteiger partial charge in [0, 0.05) is 41.3 Å². The number of nitrogens with one attached hydrogen (secondary N) is 1. The smallest absolute Gasteiger partial charge is 0.127 e. The minimum Gasteiger partial charge on any atom is -0.311 e. The maximum absolute atomic E-state index is 14.1. The molecular formula is C17H26BrFN2. The van der Waals surface area contributed by atoms with Gasteiger partial charge in [-0.1, -0.05) is 36.7 Å². The Labute approximate surface area is 136 Å². The summed E-state index contributed by atoms with van der Waals surface area (Å²) in [5.41, 5.74) is 0.855. The van der Waals surface area contributed by atoms with Crippen LogP contribution in [0.1, 0.15) is 39.7 Å². The van der Waals surface area contributed by atoms with E-state index in [1.165, 1.54) is 0 Å². The molecule has 1 saturated heterocycles. The molecule has 1 aliphatic heterocycles. The molecule has 1 aliphatic rings. The molecule has 1 fully saturated rings. The van der Waals surface area contributed by atoms with Crippen molar-refractivity contribution in [2.75, 3.05) is 13.1 Å². The average Bonchev–Trinajstić information content (AvgIpc) is 2.45. The normalized spacial score (nSPS) is 27.3. The molecule has 0 aromatic heterocycles. The molecule has 21 heavy (non-hydrogen) atoms. The highest BCUT2D eigenvalue weighted by Gasteiger charge is 2.37. The second-order valence-corrected chi connectivity index (χ2v) is 7.61. The van der Waals surface area contributed by atoms with Gasteiger partial charge in [0.1, 0.15) is 5.82 Å². The van der Waals surface area contributed by atoms with Crippen molar-refractivity contribution in [3.63, 3.8) is 0 Å². The number of rotatable bonds is 4. The Balaban J connectivity index is 2.22. The number of nitrogens with zero attached hydrogens (tertiary/aromatic N) is 1. The van der Waals surface area contributed by atoms with Gasteiger partial charge in [-0.2, -0.15) is 0 Å². The molecule has 1 aromatic carbocycles. The van der Waals surface area contributed by atoms with Crippen LogP contribution in [-0.4, -0.2) is 29.6 Å². The third kappa shape index (κ3) is 3.85. The zero-order chi connectivity index (χ0) is 15.6. The fraction of sp³-hybridized carbons (Fsp3) is 0.647. The molecule has 0 spiro atoms. The summed E-state index contributed by atoms with van der Waals surface area (Å²) in [6.45, 7) is 11.6. The molecule has 0 aliphatic carbocycles. The Kier molecular flexibility index (Phi) is 5.44. The monoisotopic (exact) mass is 356 g/mol. The van der Waals surface area contributed by atoms with Gasteiger partial charge in [0.05, 0.1) is 0 Å². The van der Waals surface area contributed by atoms with Crippen LogP contribution in [0.5, 0.6) is 0 Å². The summed E-state index contributed by atoms with van der Waals surface area (Å²) in [6.07, 6.45) is 1.06. The van der Waals surface area contributed by atoms with Crippen molar-refractivity contribution in [1.29, 1.82) is 0 Å². The molecule has 2 unspecified atom stereocenters. The lowest BCUT2D eigenvalue weighted by molar-refractivity contribution is 0.0308. The summed E-state index contributed by atoms with van der Waals surface area (Å²) >= 11 is 3.44. The summed E-state index contributed by atoms with van der Waals surface area (Å²) < 4.78 is 15.0. The zero-order valence-corrected chi connectivity index (χ0v) is 15.0. The number of hydrogen-bond donors (Lipinski definition) is 1. The van der Waals surface area contributed by atoms with E-state index >= 15 is 0 Å². The number of hydrogen-bond acceptors (Lipinski definition) is 2. The molecule has 1 N–H and O–H groups in total. The molecule has 118 valence electrons. The third-order valence-electron chi connectivity index (χ3n) is 4.86. The van der Waals surface area contributed by atoms with Gasteiger partial charge in [-0.15, -0.1) is 0 Å². The minimum atomic E-state index is -0.115. The lowest BCUT2D eigenvalue weighted by atomic mass is 9.89. The number of halogens is 2. The van der Waals surface area contributed by atoms with Gasteiger partial charge in [0.25, 0.3) is 0 Å². The minimum absolute atomic E-state index is 0.0835. The maximum atomic E-state index is 14.1. The molecule has 0 amide bonds. The fourth-order valence-corrected chi connectivity index (χ4v) is 3.31. The summed E-state index contributed by atoms with van der Waals surface area (Å²) in [5.74, 6) is 0.470. The van der Waals surface area contributed by atoms with Crippen LogP contribution >= 0.6 is 15.9 Å². The van der Waals surface area contributed by atoms with Crippen LogP contribution in [0.2, 0.25) is 0 Å². The van der Waals surface area contributed by atoms with Crippen molar-refractivity contribution in [3.05, 3.63) is 34.1 Å². The summed E-state index contributed by atoms with van der Waals surface area (Å²) in [5, 5.41) is 3.66. The van der Waals surface area contributed by atoms with Crippen molar-refractivity contribution >= 4 is 15.9 Å². The lowest BCUT2D eigenvalue weighted by Gasteiger charge is -2.49. The lowest BCUT2D eigenvalue weighted by Crippen LogP contribution is -2.63. The van der Waals surface area contributed by atoms with Gasteiger partial charge < -0.3 is 5.32 Å². The van der Waals surface area contributed by atoms with E-state index in [2.05, 4.69) is 53.8 Å².